The third kappa shape index (κ3) is 2.81. The molecule has 0 spiro atoms. The Balaban J connectivity index is 2.31. The third-order valence-electron chi connectivity index (χ3n) is 3.64. The fourth-order valence-corrected chi connectivity index (χ4v) is 2.16. The van der Waals surface area contributed by atoms with Crippen LogP contribution < -0.4 is 4.90 Å². The highest BCUT2D eigenvalue weighted by molar-refractivity contribution is 6.21. The van der Waals surface area contributed by atoms with Crippen molar-refractivity contribution < 1.29 is 19.1 Å². The molecule has 1 saturated heterocycles. The molecule has 1 heterocycles. The standard InChI is InChI=1S/C16H16FNO3/c1-10-11(2)16(21)18(15(10)20)13-7-6-12(14(17)9-13)5-3-4-8-19/h6-7,9-11,19H,4,8H2,1-2H3. The fraction of sp³-hybridized carbons (Fsp3) is 0.375. The number of carbonyl (C=O) groups is 2. The highest BCUT2D eigenvalue weighted by Crippen LogP contribution is 2.31. The molecule has 1 aromatic rings. The molecule has 1 aromatic carbocycles. The Morgan fingerprint density at radius 3 is 2.38 bits per heavy atom. The molecular formula is C16H16FNO3. The van der Waals surface area contributed by atoms with Gasteiger partial charge in [0.1, 0.15) is 5.82 Å². The Bertz CT molecular complexity index is 625. The molecule has 0 bridgehead atoms. The third-order valence-corrected chi connectivity index (χ3v) is 3.64. The lowest BCUT2D eigenvalue weighted by molar-refractivity contribution is -0.122. The lowest BCUT2D eigenvalue weighted by atomic mass is 10.00. The molecule has 110 valence electrons. The zero-order chi connectivity index (χ0) is 15.6. The number of halogens is 1. The molecule has 0 radical (unpaired) electrons. The molecule has 1 aliphatic heterocycles. The maximum absolute atomic E-state index is 14.0. The first kappa shape index (κ1) is 15.2. The molecular weight excluding hydrogens is 273 g/mol. The molecule has 1 fully saturated rings. The van der Waals surface area contributed by atoms with Gasteiger partial charge in [0.15, 0.2) is 0 Å². The molecule has 1 N–H and O–H groups in total. The number of carbonyl (C=O) groups excluding carboxylic acids is 2. The number of nitrogens with zero attached hydrogens (tertiary/aromatic N) is 1. The van der Waals surface area contributed by atoms with Crippen molar-refractivity contribution in [2.75, 3.05) is 11.5 Å². The molecule has 2 unspecified atom stereocenters. The Morgan fingerprint density at radius 2 is 1.86 bits per heavy atom. The van der Waals surface area contributed by atoms with Crippen LogP contribution in [0, 0.1) is 29.5 Å². The fourth-order valence-electron chi connectivity index (χ4n) is 2.16. The van der Waals surface area contributed by atoms with Gasteiger partial charge in [-0.15, -0.1) is 0 Å². The topological polar surface area (TPSA) is 57.6 Å². The van der Waals surface area contributed by atoms with Gasteiger partial charge < -0.3 is 5.11 Å². The maximum atomic E-state index is 14.0. The van der Waals surface area contributed by atoms with E-state index in [1.807, 2.05) is 0 Å². The summed E-state index contributed by atoms with van der Waals surface area (Å²) in [6, 6.07) is 4.08. The molecule has 4 nitrogen and oxygen atoms in total. The van der Waals surface area contributed by atoms with Crippen molar-refractivity contribution >= 4 is 17.5 Å². The summed E-state index contributed by atoms with van der Waals surface area (Å²) >= 11 is 0. The highest BCUT2D eigenvalue weighted by Gasteiger charge is 2.43. The molecule has 5 heteroatoms. The van der Waals surface area contributed by atoms with Crippen molar-refractivity contribution in [3.63, 3.8) is 0 Å². The summed E-state index contributed by atoms with van der Waals surface area (Å²) in [5.41, 5.74) is 0.402. The molecule has 0 aromatic heterocycles. The van der Waals surface area contributed by atoms with Crippen LogP contribution in [-0.2, 0) is 9.59 Å². The monoisotopic (exact) mass is 289 g/mol. The Kier molecular flexibility index (Phi) is 4.39. The number of anilines is 1. The first-order valence-electron chi connectivity index (χ1n) is 6.74. The summed E-state index contributed by atoms with van der Waals surface area (Å²) < 4.78 is 14.0. The highest BCUT2D eigenvalue weighted by atomic mass is 19.1. The molecule has 2 amide bonds. The van der Waals surface area contributed by atoms with Gasteiger partial charge in [0, 0.05) is 18.3 Å². The van der Waals surface area contributed by atoms with E-state index in [1.165, 1.54) is 12.1 Å². The number of benzene rings is 1. The molecule has 21 heavy (non-hydrogen) atoms. The second-order valence-electron chi connectivity index (χ2n) is 5.03. The smallest absolute Gasteiger partial charge is 0.237 e. The first-order chi connectivity index (χ1) is 9.97. The zero-order valence-corrected chi connectivity index (χ0v) is 11.9. The van der Waals surface area contributed by atoms with Gasteiger partial charge in [-0.25, -0.2) is 9.29 Å². The summed E-state index contributed by atoms with van der Waals surface area (Å²) in [5.74, 6) is 3.21. The predicted octanol–water partition coefficient (Wildman–Crippen LogP) is 1.71. The molecule has 1 aliphatic rings. The minimum Gasteiger partial charge on any atom is -0.395 e. The van der Waals surface area contributed by atoms with Crippen LogP contribution in [-0.4, -0.2) is 23.5 Å². The van der Waals surface area contributed by atoms with Crippen LogP contribution in [0.4, 0.5) is 10.1 Å². The van der Waals surface area contributed by atoms with Crippen molar-refractivity contribution in [3.05, 3.63) is 29.6 Å². The molecule has 0 saturated carbocycles. The second kappa shape index (κ2) is 6.06. The van der Waals surface area contributed by atoms with Gasteiger partial charge in [0.05, 0.1) is 17.9 Å². The average Bonchev–Trinajstić information content (AvgIpc) is 2.65. The van der Waals surface area contributed by atoms with E-state index in [1.54, 1.807) is 13.8 Å². The molecule has 2 rings (SSSR count). The van der Waals surface area contributed by atoms with Gasteiger partial charge in [0.25, 0.3) is 0 Å². The number of aliphatic hydroxyl groups excluding tert-OH is 1. The van der Waals surface area contributed by atoms with Gasteiger partial charge in [-0.1, -0.05) is 25.7 Å². The van der Waals surface area contributed by atoms with E-state index in [4.69, 9.17) is 5.11 Å². The Labute approximate surface area is 122 Å². The number of rotatable bonds is 2. The zero-order valence-electron chi connectivity index (χ0n) is 11.9. The lowest BCUT2D eigenvalue weighted by Gasteiger charge is -2.14. The number of hydrogen-bond acceptors (Lipinski definition) is 3. The quantitative estimate of drug-likeness (QED) is 0.666. The van der Waals surface area contributed by atoms with Crippen molar-refractivity contribution in [1.29, 1.82) is 0 Å². The SMILES string of the molecule is CC1C(=O)N(c2ccc(C#CCCO)c(F)c2)C(=O)C1C. The summed E-state index contributed by atoms with van der Waals surface area (Å²) in [4.78, 5) is 25.2. The van der Waals surface area contributed by atoms with Crippen LogP contribution in [0.25, 0.3) is 0 Å². The van der Waals surface area contributed by atoms with E-state index >= 15 is 0 Å². The summed E-state index contributed by atoms with van der Waals surface area (Å²) in [7, 11) is 0. The normalized spacial score (nSPS) is 21.4. The van der Waals surface area contributed by atoms with Gasteiger partial charge >= 0.3 is 0 Å². The van der Waals surface area contributed by atoms with Crippen molar-refractivity contribution in [2.24, 2.45) is 11.8 Å². The van der Waals surface area contributed by atoms with Crippen LogP contribution >= 0.6 is 0 Å². The van der Waals surface area contributed by atoms with Gasteiger partial charge in [-0.2, -0.15) is 0 Å². The Morgan fingerprint density at radius 1 is 1.24 bits per heavy atom. The minimum atomic E-state index is -0.592. The summed E-state index contributed by atoms with van der Waals surface area (Å²) in [6.07, 6.45) is 0.263. The van der Waals surface area contributed by atoms with Crippen LogP contribution in [0.5, 0.6) is 0 Å². The van der Waals surface area contributed by atoms with E-state index in [-0.39, 0.29) is 36.1 Å². The van der Waals surface area contributed by atoms with Crippen LogP contribution in [0.1, 0.15) is 25.8 Å². The maximum Gasteiger partial charge on any atom is 0.237 e. The van der Waals surface area contributed by atoms with Crippen LogP contribution in [0.2, 0.25) is 0 Å². The van der Waals surface area contributed by atoms with E-state index in [0.29, 0.717) is 0 Å². The minimum absolute atomic E-state index is 0.0841. The number of hydrogen-bond donors (Lipinski definition) is 1. The van der Waals surface area contributed by atoms with Crippen molar-refractivity contribution in [2.45, 2.75) is 20.3 Å². The van der Waals surface area contributed by atoms with E-state index in [9.17, 15) is 14.0 Å². The average molecular weight is 289 g/mol. The van der Waals surface area contributed by atoms with Gasteiger partial charge in [-0.05, 0) is 18.2 Å². The van der Waals surface area contributed by atoms with E-state index in [2.05, 4.69) is 11.8 Å². The van der Waals surface area contributed by atoms with E-state index in [0.717, 1.165) is 11.0 Å². The number of aliphatic hydroxyl groups is 1. The number of imide groups is 1. The molecule has 0 aliphatic carbocycles. The molecule has 2 atom stereocenters. The van der Waals surface area contributed by atoms with Crippen LogP contribution in [0.15, 0.2) is 18.2 Å². The second-order valence-corrected chi connectivity index (χ2v) is 5.03. The van der Waals surface area contributed by atoms with Gasteiger partial charge in [-0.3, -0.25) is 9.59 Å². The first-order valence-corrected chi connectivity index (χ1v) is 6.74. The van der Waals surface area contributed by atoms with E-state index < -0.39 is 17.7 Å². The van der Waals surface area contributed by atoms with Gasteiger partial charge in [0.2, 0.25) is 11.8 Å². The van der Waals surface area contributed by atoms with Crippen molar-refractivity contribution in [3.8, 4) is 11.8 Å². The van der Waals surface area contributed by atoms with Crippen molar-refractivity contribution in [1.82, 2.24) is 0 Å². The van der Waals surface area contributed by atoms with Crippen LogP contribution in [0.3, 0.4) is 0 Å². The summed E-state index contributed by atoms with van der Waals surface area (Å²) in [5, 5.41) is 8.63. The predicted molar refractivity (Wildman–Crippen MR) is 75.8 cm³/mol. The Hall–Kier alpha value is -2.19. The largest absolute Gasteiger partial charge is 0.395 e. The summed E-state index contributed by atoms with van der Waals surface area (Å²) in [6.45, 7) is 3.30. The number of amides is 2. The lowest BCUT2D eigenvalue weighted by Crippen LogP contribution is -2.30.